The second-order valence-electron chi connectivity index (χ2n) is 5.04. The van der Waals surface area contributed by atoms with Crippen LogP contribution in [0.4, 0.5) is 0 Å². The van der Waals surface area contributed by atoms with Gasteiger partial charge in [-0.1, -0.05) is 5.21 Å². The summed E-state index contributed by atoms with van der Waals surface area (Å²) in [5, 5.41) is 12.0. The van der Waals surface area contributed by atoms with Crippen LogP contribution in [-0.2, 0) is 17.7 Å². The molecule has 0 aliphatic carbocycles. The van der Waals surface area contributed by atoms with Gasteiger partial charge in [-0.05, 0) is 25.7 Å². The number of nitrogens with zero attached hydrogens (tertiary/aromatic N) is 3. The minimum Gasteiger partial charge on any atom is -0.381 e. The monoisotopic (exact) mass is 236 g/mol. The van der Waals surface area contributed by atoms with Gasteiger partial charge in [0.05, 0.1) is 17.4 Å². The normalized spacial score (nSPS) is 23.4. The van der Waals surface area contributed by atoms with Crippen LogP contribution >= 0.6 is 0 Å². The lowest BCUT2D eigenvalue weighted by molar-refractivity contribution is 0.0488. The van der Waals surface area contributed by atoms with Gasteiger partial charge in [0.15, 0.2) is 0 Å². The minimum absolute atomic E-state index is 0.452. The van der Waals surface area contributed by atoms with Gasteiger partial charge in [0.2, 0.25) is 0 Å². The van der Waals surface area contributed by atoms with Gasteiger partial charge in [-0.2, -0.15) is 0 Å². The molecule has 3 heterocycles. The Hall–Kier alpha value is -0.940. The predicted molar refractivity (Wildman–Crippen MR) is 63.7 cm³/mol. The van der Waals surface area contributed by atoms with Gasteiger partial charge in [0, 0.05) is 32.7 Å². The molecule has 0 spiro atoms. The summed E-state index contributed by atoms with van der Waals surface area (Å²) in [5.41, 5.74) is 2.47. The van der Waals surface area contributed by atoms with E-state index in [4.69, 9.17) is 4.74 Å². The Kier molecular flexibility index (Phi) is 3.11. The van der Waals surface area contributed by atoms with Crippen LogP contribution in [0.15, 0.2) is 0 Å². The number of ether oxygens (including phenoxy) is 1. The summed E-state index contributed by atoms with van der Waals surface area (Å²) in [6.07, 6.45) is 3.35. The summed E-state index contributed by atoms with van der Waals surface area (Å²) >= 11 is 0. The third-order valence-electron chi connectivity index (χ3n) is 4.04. The van der Waals surface area contributed by atoms with Crippen molar-refractivity contribution in [2.75, 3.05) is 19.8 Å². The van der Waals surface area contributed by atoms with Crippen LogP contribution in [0.25, 0.3) is 0 Å². The molecule has 5 heteroatoms. The zero-order chi connectivity index (χ0) is 11.7. The summed E-state index contributed by atoms with van der Waals surface area (Å²) < 4.78 is 7.58. The maximum Gasteiger partial charge on any atom is 0.0997 e. The molecule has 0 amide bonds. The lowest BCUT2D eigenvalue weighted by Gasteiger charge is -2.29. The fourth-order valence-electron chi connectivity index (χ4n) is 2.88. The molecule has 0 radical (unpaired) electrons. The Morgan fingerprint density at radius 3 is 3.06 bits per heavy atom. The highest BCUT2D eigenvalue weighted by atomic mass is 16.5. The molecule has 17 heavy (non-hydrogen) atoms. The third kappa shape index (κ3) is 2.09. The van der Waals surface area contributed by atoms with Crippen molar-refractivity contribution in [3.63, 3.8) is 0 Å². The highest BCUT2D eigenvalue weighted by Gasteiger charge is 2.26. The van der Waals surface area contributed by atoms with E-state index in [1.807, 2.05) is 0 Å². The summed E-state index contributed by atoms with van der Waals surface area (Å²) in [4.78, 5) is 0. The molecule has 94 valence electrons. The molecule has 2 aliphatic heterocycles. The van der Waals surface area contributed by atoms with Crippen molar-refractivity contribution >= 4 is 0 Å². The van der Waals surface area contributed by atoms with E-state index >= 15 is 0 Å². The lowest BCUT2D eigenvalue weighted by Crippen LogP contribution is -2.29. The summed E-state index contributed by atoms with van der Waals surface area (Å²) in [6.45, 7) is 5.98. The standard InChI is InChI=1S/C12H20N4O/c1-9(10-3-6-17-7-4-10)16-12-2-5-13-8-11(12)14-15-16/h9-10,13H,2-8H2,1H3. The molecule has 1 aromatic rings. The zero-order valence-corrected chi connectivity index (χ0v) is 10.4. The van der Waals surface area contributed by atoms with Crippen LogP contribution in [0.5, 0.6) is 0 Å². The smallest absolute Gasteiger partial charge is 0.0997 e. The molecule has 1 saturated heterocycles. The van der Waals surface area contributed by atoms with E-state index in [0.29, 0.717) is 12.0 Å². The Balaban J connectivity index is 1.80. The summed E-state index contributed by atoms with van der Waals surface area (Å²) in [7, 11) is 0. The predicted octanol–water partition coefficient (Wildman–Crippen LogP) is 0.911. The molecule has 2 aliphatic rings. The van der Waals surface area contributed by atoms with Crippen molar-refractivity contribution in [1.29, 1.82) is 0 Å². The van der Waals surface area contributed by atoms with Crippen LogP contribution in [-0.4, -0.2) is 34.8 Å². The average Bonchev–Trinajstić information content (AvgIpc) is 2.83. The van der Waals surface area contributed by atoms with Gasteiger partial charge >= 0.3 is 0 Å². The first-order chi connectivity index (χ1) is 8.36. The highest BCUT2D eigenvalue weighted by Crippen LogP contribution is 2.28. The van der Waals surface area contributed by atoms with E-state index in [1.165, 1.54) is 5.69 Å². The summed E-state index contributed by atoms with van der Waals surface area (Å²) in [6, 6.07) is 0.452. The quantitative estimate of drug-likeness (QED) is 0.829. The van der Waals surface area contributed by atoms with Gasteiger partial charge in [-0.3, -0.25) is 0 Å². The molecule has 3 rings (SSSR count). The van der Waals surface area contributed by atoms with Crippen molar-refractivity contribution in [2.24, 2.45) is 5.92 Å². The molecule has 0 saturated carbocycles. The molecular weight excluding hydrogens is 216 g/mol. The van der Waals surface area contributed by atoms with Crippen LogP contribution in [0.1, 0.15) is 37.2 Å². The summed E-state index contributed by atoms with van der Waals surface area (Å²) in [5.74, 6) is 0.685. The maximum absolute atomic E-state index is 5.42. The van der Waals surface area contributed by atoms with Crippen LogP contribution < -0.4 is 5.32 Å². The third-order valence-corrected chi connectivity index (χ3v) is 4.04. The van der Waals surface area contributed by atoms with Crippen molar-refractivity contribution in [1.82, 2.24) is 20.3 Å². The molecule has 1 unspecified atom stereocenters. The Morgan fingerprint density at radius 2 is 2.24 bits per heavy atom. The van der Waals surface area contributed by atoms with Crippen LogP contribution in [0, 0.1) is 5.92 Å². The first-order valence-electron chi connectivity index (χ1n) is 6.57. The minimum atomic E-state index is 0.452. The van der Waals surface area contributed by atoms with Gasteiger partial charge in [-0.25, -0.2) is 4.68 Å². The molecule has 1 N–H and O–H groups in total. The highest BCUT2D eigenvalue weighted by molar-refractivity contribution is 5.14. The first kappa shape index (κ1) is 11.2. The van der Waals surface area contributed by atoms with Gasteiger partial charge in [0.25, 0.3) is 0 Å². The second kappa shape index (κ2) is 4.74. The molecule has 1 atom stereocenters. The van der Waals surface area contributed by atoms with Crippen LogP contribution in [0.3, 0.4) is 0 Å². The average molecular weight is 236 g/mol. The van der Waals surface area contributed by atoms with Crippen molar-refractivity contribution in [3.8, 4) is 0 Å². The largest absolute Gasteiger partial charge is 0.381 e. The van der Waals surface area contributed by atoms with Crippen LogP contribution in [0.2, 0.25) is 0 Å². The number of rotatable bonds is 2. The molecule has 5 nitrogen and oxygen atoms in total. The van der Waals surface area contributed by atoms with Crippen molar-refractivity contribution in [3.05, 3.63) is 11.4 Å². The maximum atomic E-state index is 5.42. The Morgan fingerprint density at radius 1 is 1.41 bits per heavy atom. The Labute approximate surface area is 102 Å². The molecule has 1 fully saturated rings. The van der Waals surface area contributed by atoms with E-state index in [2.05, 4.69) is 27.2 Å². The van der Waals surface area contributed by atoms with Crippen molar-refractivity contribution in [2.45, 2.75) is 38.8 Å². The SMILES string of the molecule is CC(C1CCOCC1)n1nnc2c1CCNC2. The Bertz CT molecular complexity index is 384. The number of hydrogen-bond acceptors (Lipinski definition) is 4. The molecule has 0 bridgehead atoms. The van der Waals surface area contributed by atoms with Gasteiger partial charge in [-0.15, -0.1) is 5.10 Å². The van der Waals surface area contributed by atoms with Gasteiger partial charge < -0.3 is 10.1 Å². The topological polar surface area (TPSA) is 52.0 Å². The number of fused-ring (bicyclic) bond motifs is 1. The first-order valence-corrected chi connectivity index (χ1v) is 6.57. The zero-order valence-electron chi connectivity index (χ0n) is 10.4. The van der Waals surface area contributed by atoms with E-state index in [-0.39, 0.29) is 0 Å². The number of aromatic nitrogens is 3. The molecule has 1 aromatic heterocycles. The second-order valence-corrected chi connectivity index (χ2v) is 5.04. The number of hydrogen-bond donors (Lipinski definition) is 1. The van der Waals surface area contributed by atoms with E-state index in [0.717, 1.165) is 51.3 Å². The number of nitrogens with one attached hydrogen (secondary N) is 1. The van der Waals surface area contributed by atoms with E-state index in [1.54, 1.807) is 0 Å². The van der Waals surface area contributed by atoms with Gasteiger partial charge in [0.1, 0.15) is 0 Å². The lowest BCUT2D eigenvalue weighted by atomic mass is 9.92. The van der Waals surface area contributed by atoms with Crippen molar-refractivity contribution < 1.29 is 4.74 Å². The van der Waals surface area contributed by atoms with E-state index in [9.17, 15) is 0 Å². The molecular formula is C12H20N4O. The fourth-order valence-corrected chi connectivity index (χ4v) is 2.88. The fraction of sp³-hybridized carbons (Fsp3) is 0.833. The molecule has 0 aromatic carbocycles. The van der Waals surface area contributed by atoms with E-state index < -0.39 is 0 Å².